The number of hydrogen-bond acceptors (Lipinski definition) is 3. The van der Waals surface area contributed by atoms with Crippen LogP contribution in [0.5, 0.6) is 0 Å². The van der Waals surface area contributed by atoms with Crippen LogP contribution in [-0.4, -0.2) is 27.6 Å². The van der Waals surface area contributed by atoms with E-state index < -0.39 is 10.0 Å². The van der Waals surface area contributed by atoms with E-state index in [1.54, 1.807) is 42.5 Å². The van der Waals surface area contributed by atoms with Crippen molar-refractivity contribution in [3.63, 3.8) is 0 Å². The van der Waals surface area contributed by atoms with Gasteiger partial charge in [0.05, 0.1) is 17.5 Å². The molecule has 0 aliphatic rings. The van der Waals surface area contributed by atoms with Crippen LogP contribution in [0.4, 0.5) is 11.4 Å². The lowest BCUT2D eigenvalue weighted by atomic mass is 10.1. The molecule has 7 heteroatoms. The third-order valence-electron chi connectivity index (χ3n) is 3.42. The normalized spacial score (nSPS) is 11.1. The molecule has 1 amide bonds. The number of sulfonamides is 1. The highest BCUT2D eigenvalue weighted by molar-refractivity contribution is 7.92. The lowest BCUT2D eigenvalue weighted by molar-refractivity contribution is 0.102. The molecular formula is C16H17ClN2O3S. The van der Waals surface area contributed by atoms with E-state index in [0.717, 1.165) is 16.1 Å². The van der Waals surface area contributed by atoms with Gasteiger partial charge >= 0.3 is 0 Å². The average Bonchev–Trinajstić information content (AvgIpc) is 2.48. The molecule has 0 radical (unpaired) electrons. The summed E-state index contributed by atoms with van der Waals surface area (Å²) in [5.74, 6) is -0.387. The first kappa shape index (κ1) is 17.3. The van der Waals surface area contributed by atoms with E-state index in [4.69, 9.17) is 11.6 Å². The molecule has 0 aliphatic heterocycles. The van der Waals surface area contributed by atoms with Gasteiger partial charge in [0.1, 0.15) is 0 Å². The molecule has 2 aromatic rings. The maximum absolute atomic E-state index is 12.5. The summed E-state index contributed by atoms with van der Waals surface area (Å²) in [7, 11) is -2.05. The van der Waals surface area contributed by atoms with Crippen LogP contribution in [0, 0.1) is 6.92 Å². The second-order valence-corrected chi connectivity index (χ2v) is 7.61. The highest BCUT2D eigenvalue weighted by Gasteiger charge is 2.19. The van der Waals surface area contributed by atoms with Crippen molar-refractivity contribution in [2.75, 3.05) is 22.9 Å². The quantitative estimate of drug-likeness (QED) is 0.918. The molecule has 2 aromatic carbocycles. The van der Waals surface area contributed by atoms with Crippen molar-refractivity contribution in [3.8, 4) is 0 Å². The van der Waals surface area contributed by atoms with E-state index in [1.165, 1.54) is 7.05 Å². The fraction of sp³-hybridized carbons (Fsp3) is 0.188. The molecule has 1 N–H and O–H groups in total. The molecule has 0 bridgehead atoms. The molecule has 0 unspecified atom stereocenters. The van der Waals surface area contributed by atoms with Gasteiger partial charge in [0, 0.05) is 17.8 Å². The van der Waals surface area contributed by atoms with Gasteiger partial charge in [-0.2, -0.15) is 0 Å². The molecule has 0 fully saturated rings. The Labute approximate surface area is 140 Å². The van der Waals surface area contributed by atoms with Gasteiger partial charge in [-0.05, 0) is 42.8 Å². The van der Waals surface area contributed by atoms with Crippen molar-refractivity contribution in [1.82, 2.24) is 0 Å². The number of benzene rings is 2. The van der Waals surface area contributed by atoms with Gasteiger partial charge in [-0.1, -0.05) is 23.7 Å². The van der Waals surface area contributed by atoms with Crippen molar-refractivity contribution in [2.24, 2.45) is 0 Å². The zero-order valence-corrected chi connectivity index (χ0v) is 14.6. The topological polar surface area (TPSA) is 66.5 Å². The van der Waals surface area contributed by atoms with Crippen LogP contribution in [0.1, 0.15) is 15.9 Å². The summed E-state index contributed by atoms with van der Waals surface area (Å²) in [5.41, 5.74) is 2.03. The Morgan fingerprint density at radius 1 is 1.17 bits per heavy atom. The van der Waals surface area contributed by atoms with Gasteiger partial charge < -0.3 is 5.32 Å². The van der Waals surface area contributed by atoms with Gasteiger partial charge in [0.25, 0.3) is 5.91 Å². The minimum Gasteiger partial charge on any atom is -0.322 e. The Hall–Kier alpha value is -2.05. The molecule has 0 saturated heterocycles. The first-order valence-electron chi connectivity index (χ1n) is 6.80. The van der Waals surface area contributed by atoms with Crippen LogP contribution in [0.15, 0.2) is 42.5 Å². The van der Waals surface area contributed by atoms with Crippen molar-refractivity contribution >= 4 is 38.9 Å². The smallest absolute Gasteiger partial charge is 0.257 e. The zero-order chi connectivity index (χ0) is 17.2. The SMILES string of the molecule is Cc1cc(Cl)ccc1NC(=O)c1ccccc1N(C)S(C)(=O)=O. The largest absolute Gasteiger partial charge is 0.322 e. The summed E-state index contributed by atoms with van der Waals surface area (Å²) in [6.07, 6.45) is 1.09. The van der Waals surface area contributed by atoms with E-state index in [-0.39, 0.29) is 11.5 Å². The lowest BCUT2D eigenvalue weighted by Gasteiger charge is -2.20. The van der Waals surface area contributed by atoms with Crippen molar-refractivity contribution < 1.29 is 13.2 Å². The molecule has 5 nitrogen and oxygen atoms in total. The van der Waals surface area contributed by atoms with Crippen molar-refractivity contribution in [1.29, 1.82) is 0 Å². The van der Waals surface area contributed by atoms with Crippen LogP contribution in [0.2, 0.25) is 5.02 Å². The Morgan fingerprint density at radius 2 is 1.83 bits per heavy atom. The van der Waals surface area contributed by atoms with E-state index in [9.17, 15) is 13.2 Å². The summed E-state index contributed by atoms with van der Waals surface area (Å²) in [4.78, 5) is 12.5. The molecular weight excluding hydrogens is 336 g/mol. The second-order valence-electron chi connectivity index (χ2n) is 5.16. The van der Waals surface area contributed by atoms with Gasteiger partial charge in [0.15, 0.2) is 0 Å². The highest BCUT2D eigenvalue weighted by atomic mass is 35.5. The van der Waals surface area contributed by atoms with E-state index >= 15 is 0 Å². The first-order valence-corrected chi connectivity index (χ1v) is 9.03. The molecule has 0 atom stereocenters. The number of amides is 1. The number of para-hydroxylation sites is 1. The van der Waals surface area contributed by atoms with Crippen LogP contribution < -0.4 is 9.62 Å². The van der Waals surface area contributed by atoms with Gasteiger partial charge in [0.2, 0.25) is 10.0 Å². The van der Waals surface area contributed by atoms with Crippen molar-refractivity contribution in [2.45, 2.75) is 6.92 Å². The summed E-state index contributed by atoms with van der Waals surface area (Å²) < 4.78 is 24.6. The van der Waals surface area contributed by atoms with E-state index in [2.05, 4.69) is 5.32 Å². The van der Waals surface area contributed by atoms with Gasteiger partial charge in [-0.3, -0.25) is 9.10 Å². The van der Waals surface area contributed by atoms with Gasteiger partial charge in [-0.25, -0.2) is 8.42 Å². The number of halogens is 1. The predicted octanol–water partition coefficient (Wildman–Crippen LogP) is 3.30. The fourth-order valence-electron chi connectivity index (χ4n) is 2.08. The Morgan fingerprint density at radius 3 is 2.43 bits per heavy atom. The number of carbonyl (C=O) groups excluding carboxylic acids is 1. The summed E-state index contributed by atoms with van der Waals surface area (Å²) in [6.45, 7) is 1.83. The maximum atomic E-state index is 12.5. The number of nitrogens with one attached hydrogen (secondary N) is 1. The van der Waals surface area contributed by atoms with E-state index in [0.29, 0.717) is 16.4 Å². The number of hydrogen-bond donors (Lipinski definition) is 1. The second kappa shape index (κ2) is 6.60. The van der Waals surface area contributed by atoms with Crippen LogP contribution in [0.25, 0.3) is 0 Å². The Balaban J connectivity index is 2.37. The molecule has 0 saturated carbocycles. The molecule has 23 heavy (non-hydrogen) atoms. The number of rotatable bonds is 4. The Bertz CT molecular complexity index is 850. The predicted molar refractivity (Wildman–Crippen MR) is 93.8 cm³/mol. The number of carbonyl (C=O) groups is 1. The third kappa shape index (κ3) is 4.03. The number of anilines is 2. The monoisotopic (exact) mass is 352 g/mol. The standard InChI is InChI=1S/C16H17ClN2O3S/c1-11-10-12(17)8-9-14(11)18-16(20)13-6-4-5-7-15(13)19(2)23(3,21)22/h4-10H,1-3H3,(H,18,20). The molecule has 0 spiro atoms. The molecule has 0 aliphatic carbocycles. The average molecular weight is 353 g/mol. The zero-order valence-electron chi connectivity index (χ0n) is 13.0. The van der Waals surface area contributed by atoms with Crippen molar-refractivity contribution in [3.05, 3.63) is 58.6 Å². The molecule has 0 aromatic heterocycles. The summed E-state index contributed by atoms with van der Waals surface area (Å²) in [5, 5.41) is 3.36. The molecule has 2 rings (SSSR count). The first-order chi connectivity index (χ1) is 10.7. The maximum Gasteiger partial charge on any atom is 0.257 e. The minimum atomic E-state index is -3.46. The highest BCUT2D eigenvalue weighted by Crippen LogP contribution is 2.24. The Kier molecular flexibility index (Phi) is 4.97. The van der Waals surface area contributed by atoms with Crippen LogP contribution in [0.3, 0.4) is 0 Å². The minimum absolute atomic E-state index is 0.273. The van der Waals surface area contributed by atoms with E-state index in [1.807, 2.05) is 6.92 Å². The third-order valence-corrected chi connectivity index (χ3v) is 4.85. The van der Waals surface area contributed by atoms with Crippen LogP contribution >= 0.6 is 11.6 Å². The number of nitrogens with zero attached hydrogens (tertiary/aromatic N) is 1. The number of aryl methyl sites for hydroxylation is 1. The fourth-order valence-corrected chi connectivity index (χ4v) is 2.82. The summed E-state index contributed by atoms with van der Waals surface area (Å²) >= 11 is 5.90. The molecule has 122 valence electrons. The van der Waals surface area contributed by atoms with Gasteiger partial charge in [-0.15, -0.1) is 0 Å². The summed E-state index contributed by atoms with van der Waals surface area (Å²) in [6, 6.07) is 11.7. The lowest BCUT2D eigenvalue weighted by Crippen LogP contribution is -2.27. The van der Waals surface area contributed by atoms with Crippen LogP contribution in [-0.2, 0) is 10.0 Å². The molecule has 0 heterocycles.